The molecule has 1 amide bonds. The maximum absolute atomic E-state index is 12.5. The first-order chi connectivity index (χ1) is 11.3. The van der Waals surface area contributed by atoms with Crippen LogP contribution in [0.4, 0.5) is 0 Å². The van der Waals surface area contributed by atoms with E-state index in [0.29, 0.717) is 5.56 Å². The Labute approximate surface area is 142 Å². The van der Waals surface area contributed by atoms with E-state index in [1.807, 2.05) is 66.7 Å². The SMILES string of the molecule is O=C(N[C@H]([Se]c1ccccc1)c1ccccc1)c1ccccc1. The van der Waals surface area contributed by atoms with Crippen molar-refractivity contribution in [2.45, 2.75) is 4.94 Å². The van der Waals surface area contributed by atoms with Crippen molar-refractivity contribution in [3.8, 4) is 0 Å². The van der Waals surface area contributed by atoms with Crippen molar-refractivity contribution in [3.05, 3.63) is 102 Å². The van der Waals surface area contributed by atoms with E-state index in [1.54, 1.807) is 0 Å². The normalized spacial score (nSPS) is 11.7. The molecule has 1 atom stereocenters. The summed E-state index contributed by atoms with van der Waals surface area (Å²) in [6.07, 6.45) is 0. The Morgan fingerprint density at radius 1 is 0.739 bits per heavy atom. The van der Waals surface area contributed by atoms with Gasteiger partial charge in [0.25, 0.3) is 0 Å². The Morgan fingerprint density at radius 3 is 1.87 bits per heavy atom. The molecule has 0 unspecified atom stereocenters. The summed E-state index contributed by atoms with van der Waals surface area (Å²) in [4.78, 5) is 12.5. The van der Waals surface area contributed by atoms with Crippen LogP contribution in [0.5, 0.6) is 0 Å². The predicted octanol–water partition coefficient (Wildman–Crippen LogP) is 3.14. The second-order valence-electron chi connectivity index (χ2n) is 5.06. The molecule has 0 aliphatic carbocycles. The van der Waals surface area contributed by atoms with Crippen LogP contribution in [0.2, 0.25) is 0 Å². The average Bonchev–Trinajstić information content (AvgIpc) is 2.63. The zero-order valence-electron chi connectivity index (χ0n) is 12.6. The number of rotatable bonds is 5. The van der Waals surface area contributed by atoms with E-state index in [4.69, 9.17) is 0 Å². The van der Waals surface area contributed by atoms with Crippen molar-refractivity contribution in [3.63, 3.8) is 0 Å². The number of carbonyl (C=O) groups excluding carboxylic acids is 1. The van der Waals surface area contributed by atoms with E-state index < -0.39 is 0 Å². The fourth-order valence-electron chi connectivity index (χ4n) is 2.24. The monoisotopic (exact) mass is 367 g/mol. The molecule has 3 rings (SSSR count). The first kappa shape index (κ1) is 15.5. The Balaban J connectivity index is 1.82. The van der Waals surface area contributed by atoms with Crippen LogP contribution in [0.15, 0.2) is 91.0 Å². The zero-order chi connectivity index (χ0) is 15.9. The summed E-state index contributed by atoms with van der Waals surface area (Å²) < 4.78 is 1.27. The molecule has 0 radical (unpaired) electrons. The summed E-state index contributed by atoms with van der Waals surface area (Å²) in [6, 6.07) is 29.8. The van der Waals surface area contributed by atoms with E-state index in [2.05, 4.69) is 29.6 Å². The van der Waals surface area contributed by atoms with E-state index in [-0.39, 0.29) is 25.8 Å². The number of nitrogens with one attached hydrogen (secondary N) is 1. The Morgan fingerprint density at radius 2 is 1.26 bits per heavy atom. The third-order valence-corrected chi connectivity index (χ3v) is 5.85. The Hall–Kier alpha value is -2.35. The number of hydrogen-bond donors (Lipinski definition) is 1. The van der Waals surface area contributed by atoms with Gasteiger partial charge in [-0.2, -0.15) is 0 Å². The number of benzene rings is 3. The molecule has 0 aliphatic rings. The predicted molar refractivity (Wildman–Crippen MR) is 94.9 cm³/mol. The molecule has 1 N–H and O–H groups in total. The summed E-state index contributed by atoms with van der Waals surface area (Å²) in [5.41, 5.74) is 1.83. The van der Waals surface area contributed by atoms with Gasteiger partial charge >= 0.3 is 142 Å². The van der Waals surface area contributed by atoms with Gasteiger partial charge in [-0.1, -0.05) is 0 Å². The number of carbonyl (C=O) groups is 1. The van der Waals surface area contributed by atoms with Crippen LogP contribution in [0.1, 0.15) is 20.9 Å². The molecule has 0 fully saturated rings. The number of amides is 1. The molecule has 23 heavy (non-hydrogen) atoms. The molecule has 3 aromatic rings. The second kappa shape index (κ2) is 7.77. The van der Waals surface area contributed by atoms with Crippen LogP contribution in [0.25, 0.3) is 0 Å². The topological polar surface area (TPSA) is 29.1 Å². The van der Waals surface area contributed by atoms with Crippen molar-refractivity contribution in [1.29, 1.82) is 0 Å². The van der Waals surface area contributed by atoms with E-state index in [9.17, 15) is 4.79 Å². The van der Waals surface area contributed by atoms with Crippen LogP contribution < -0.4 is 9.78 Å². The molecule has 0 bridgehead atoms. The molecule has 0 aromatic heterocycles. The molecule has 0 saturated carbocycles. The van der Waals surface area contributed by atoms with E-state index in [1.165, 1.54) is 4.46 Å². The first-order valence-corrected chi connectivity index (χ1v) is 9.30. The fourth-order valence-corrected chi connectivity index (χ4v) is 4.43. The summed E-state index contributed by atoms with van der Waals surface area (Å²) in [5, 5.41) is 3.19. The Bertz CT molecular complexity index is 744. The van der Waals surface area contributed by atoms with Gasteiger partial charge in [0.1, 0.15) is 0 Å². The van der Waals surface area contributed by atoms with Gasteiger partial charge in [-0.15, -0.1) is 0 Å². The molecular formula is C20H17NOSe. The van der Waals surface area contributed by atoms with Gasteiger partial charge in [0.15, 0.2) is 0 Å². The molecule has 2 nitrogen and oxygen atoms in total. The third-order valence-electron chi connectivity index (χ3n) is 3.40. The van der Waals surface area contributed by atoms with Gasteiger partial charge in [-0.05, 0) is 0 Å². The molecule has 114 valence electrons. The standard InChI is InChI=1S/C20H17NOSe/c22-19(16-10-4-1-5-11-16)21-20(17-12-6-2-7-13-17)23-18-14-8-3-9-15-18/h1-15,20H,(H,21,22)/t20-/m1/s1. The summed E-state index contributed by atoms with van der Waals surface area (Å²) in [7, 11) is 0. The Kier molecular flexibility index (Phi) is 5.25. The molecule has 0 spiro atoms. The van der Waals surface area contributed by atoms with Gasteiger partial charge in [-0.25, -0.2) is 0 Å². The third kappa shape index (κ3) is 4.32. The molecular weight excluding hydrogens is 349 g/mol. The van der Waals surface area contributed by atoms with Gasteiger partial charge < -0.3 is 0 Å². The van der Waals surface area contributed by atoms with Crippen LogP contribution in [0.3, 0.4) is 0 Å². The molecule has 0 aliphatic heterocycles. The summed E-state index contributed by atoms with van der Waals surface area (Å²) in [5.74, 6) is -0.0303. The average molecular weight is 366 g/mol. The van der Waals surface area contributed by atoms with Crippen molar-refractivity contribution in [2.75, 3.05) is 0 Å². The van der Waals surface area contributed by atoms with E-state index >= 15 is 0 Å². The van der Waals surface area contributed by atoms with Crippen molar-refractivity contribution >= 4 is 25.3 Å². The summed E-state index contributed by atoms with van der Waals surface area (Å²) in [6.45, 7) is 0. The van der Waals surface area contributed by atoms with Crippen LogP contribution in [-0.2, 0) is 0 Å². The van der Waals surface area contributed by atoms with Gasteiger partial charge in [0.2, 0.25) is 0 Å². The molecule has 3 aromatic carbocycles. The van der Waals surface area contributed by atoms with Gasteiger partial charge in [0, 0.05) is 0 Å². The minimum absolute atomic E-state index is 0.0128. The molecule has 0 heterocycles. The molecule has 0 saturated heterocycles. The van der Waals surface area contributed by atoms with Crippen LogP contribution >= 0.6 is 0 Å². The zero-order valence-corrected chi connectivity index (χ0v) is 14.3. The van der Waals surface area contributed by atoms with E-state index in [0.717, 1.165) is 5.56 Å². The first-order valence-electron chi connectivity index (χ1n) is 7.45. The van der Waals surface area contributed by atoms with Crippen molar-refractivity contribution in [1.82, 2.24) is 5.32 Å². The van der Waals surface area contributed by atoms with Gasteiger partial charge in [-0.3, -0.25) is 0 Å². The van der Waals surface area contributed by atoms with Crippen molar-refractivity contribution in [2.24, 2.45) is 0 Å². The van der Waals surface area contributed by atoms with Crippen LogP contribution in [0, 0.1) is 0 Å². The second-order valence-corrected chi connectivity index (χ2v) is 7.53. The van der Waals surface area contributed by atoms with Crippen LogP contribution in [-0.4, -0.2) is 20.9 Å². The van der Waals surface area contributed by atoms with Crippen molar-refractivity contribution < 1.29 is 4.79 Å². The fraction of sp³-hybridized carbons (Fsp3) is 0.0500. The number of hydrogen-bond acceptors (Lipinski definition) is 1. The minimum atomic E-state index is -0.0303. The quantitative estimate of drug-likeness (QED) is 0.691. The molecule has 3 heteroatoms. The summed E-state index contributed by atoms with van der Waals surface area (Å²) >= 11 is 0.118. The van der Waals surface area contributed by atoms with Gasteiger partial charge in [0.05, 0.1) is 0 Å². The maximum atomic E-state index is 12.5.